The molecule has 0 aromatic heterocycles. The zero-order valence-electron chi connectivity index (χ0n) is 11.7. The van der Waals surface area contributed by atoms with Crippen LogP contribution in [0.1, 0.15) is 19.8 Å². The molecular formula is C13H18ClFN2O3S. The van der Waals surface area contributed by atoms with Crippen molar-refractivity contribution in [3.63, 3.8) is 0 Å². The molecule has 8 heteroatoms. The first-order chi connectivity index (χ1) is 9.73. The van der Waals surface area contributed by atoms with Crippen molar-refractivity contribution < 1.29 is 17.5 Å². The van der Waals surface area contributed by atoms with Gasteiger partial charge in [-0.1, -0.05) is 18.5 Å². The van der Waals surface area contributed by atoms with Crippen LogP contribution in [-0.2, 0) is 14.8 Å². The summed E-state index contributed by atoms with van der Waals surface area (Å²) in [7, 11) is -4.00. The molecule has 1 aromatic carbocycles. The lowest BCUT2D eigenvalue weighted by atomic mass is 9.83. The molecule has 118 valence electrons. The van der Waals surface area contributed by atoms with Gasteiger partial charge in [-0.05, 0) is 30.4 Å². The summed E-state index contributed by atoms with van der Waals surface area (Å²) in [5, 5.41) is -0.312. The number of nitrogens with two attached hydrogens (primary N) is 1. The van der Waals surface area contributed by atoms with E-state index in [0.29, 0.717) is 13.2 Å². The Labute approximate surface area is 128 Å². The van der Waals surface area contributed by atoms with Gasteiger partial charge in [0.15, 0.2) is 5.82 Å². The number of ether oxygens (including phenoxy) is 1. The Kier molecular flexibility index (Phi) is 4.77. The van der Waals surface area contributed by atoms with E-state index in [0.717, 1.165) is 18.9 Å². The summed E-state index contributed by atoms with van der Waals surface area (Å²) < 4.78 is 46.1. The largest absolute Gasteiger partial charge is 0.399 e. The highest BCUT2D eigenvalue weighted by Crippen LogP contribution is 2.30. The Balaban J connectivity index is 2.19. The van der Waals surface area contributed by atoms with Gasteiger partial charge in [-0.25, -0.2) is 17.5 Å². The van der Waals surface area contributed by atoms with Crippen molar-refractivity contribution in [2.45, 2.75) is 24.7 Å². The van der Waals surface area contributed by atoms with Gasteiger partial charge >= 0.3 is 0 Å². The lowest BCUT2D eigenvalue weighted by molar-refractivity contribution is 0.0264. The Morgan fingerprint density at radius 1 is 1.43 bits per heavy atom. The minimum atomic E-state index is -4.00. The summed E-state index contributed by atoms with van der Waals surface area (Å²) in [6.45, 7) is 3.37. The molecule has 1 heterocycles. The average molecular weight is 337 g/mol. The number of sulfonamides is 1. The van der Waals surface area contributed by atoms with E-state index in [1.54, 1.807) is 0 Å². The van der Waals surface area contributed by atoms with Crippen LogP contribution >= 0.6 is 11.6 Å². The SMILES string of the molecule is CC1(CNS(=O)(=O)c2cc(N)cc(Cl)c2F)CCOCC1. The second kappa shape index (κ2) is 6.08. The fraction of sp³-hybridized carbons (Fsp3) is 0.538. The first-order valence-corrected chi connectivity index (χ1v) is 8.42. The number of rotatable bonds is 4. The third kappa shape index (κ3) is 3.85. The number of benzene rings is 1. The molecule has 0 saturated carbocycles. The average Bonchev–Trinajstić information content (AvgIpc) is 2.42. The van der Waals surface area contributed by atoms with Gasteiger partial charge < -0.3 is 10.5 Å². The summed E-state index contributed by atoms with van der Waals surface area (Å²) >= 11 is 5.64. The number of nitrogens with one attached hydrogen (secondary N) is 1. The molecule has 2 rings (SSSR count). The summed E-state index contributed by atoms with van der Waals surface area (Å²) in [4.78, 5) is -0.525. The first kappa shape index (κ1) is 16.5. The van der Waals surface area contributed by atoms with Gasteiger partial charge in [-0.2, -0.15) is 0 Å². The second-order valence-electron chi connectivity index (χ2n) is 5.56. The lowest BCUT2D eigenvalue weighted by Crippen LogP contribution is -2.39. The van der Waals surface area contributed by atoms with Crippen LogP contribution in [0, 0.1) is 11.2 Å². The van der Waals surface area contributed by atoms with Gasteiger partial charge in [0.05, 0.1) is 5.02 Å². The van der Waals surface area contributed by atoms with E-state index in [1.165, 1.54) is 6.07 Å². The van der Waals surface area contributed by atoms with E-state index in [2.05, 4.69) is 4.72 Å². The number of anilines is 1. The third-order valence-corrected chi connectivity index (χ3v) is 5.37. The topological polar surface area (TPSA) is 81.4 Å². The molecule has 0 unspecified atom stereocenters. The second-order valence-corrected chi connectivity index (χ2v) is 7.71. The van der Waals surface area contributed by atoms with Crippen LogP contribution in [0.25, 0.3) is 0 Å². The van der Waals surface area contributed by atoms with Gasteiger partial charge in [-0.3, -0.25) is 0 Å². The molecule has 0 atom stereocenters. The van der Waals surface area contributed by atoms with Gasteiger partial charge in [0.25, 0.3) is 0 Å². The fourth-order valence-corrected chi connectivity index (χ4v) is 3.78. The Hall–Kier alpha value is -0.890. The van der Waals surface area contributed by atoms with Crippen molar-refractivity contribution >= 4 is 27.3 Å². The summed E-state index contributed by atoms with van der Waals surface area (Å²) in [6.07, 6.45) is 1.49. The van der Waals surface area contributed by atoms with Crippen LogP contribution in [0.3, 0.4) is 0 Å². The minimum absolute atomic E-state index is 0.0963. The normalized spacial score (nSPS) is 18.6. The van der Waals surface area contributed by atoms with Crippen LogP contribution in [-0.4, -0.2) is 28.2 Å². The van der Waals surface area contributed by atoms with E-state index in [-0.39, 0.29) is 22.7 Å². The van der Waals surface area contributed by atoms with E-state index in [1.807, 2.05) is 6.92 Å². The van der Waals surface area contributed by atoms with Gasteiger partial charge in [-0.15, -0.1) is 0 Å². The highest BCUT2D eigenvalue weighted by molar-refractivity contribution is 7.89. The molecule has 1 saturated heterocycles. The maximum absolute atomic E-state index is 13.9. The predicted octanol–water partition coefficient (Wildman–Crippen LogP) is 2.16. The monoisotopic (exact) mass is 336 g/mol. The first-order valence-electron chi connectivity index (χ1n) is 6.55. The highest BCUT2D eigenvalue weighted by Gasteiger charge is 2.30. The summed E-state index contributed by atoms with van der Waals surface area (Å²) in [6, 6.07) is 2.24. The van der Waals surface area contributed by atoms with E-state index in [9.17, 15) is 12.8 Å². The van der Waals surface area contributed by atoms with Crippen LogP contribution in [0.15, 0.2) is 17.0 Å². The molecule has 5 nitrogen and oxygen atoms in total. The minimum Gasteiger partial charge on any atom is -0.399 e. The molecule has 21 heavy (non-hydrogen) atoms. The van der Waals surface area contributed by atoms with Gasteiger partial charge in [0, 0.05) is 25.4 Å². The molecule has 1 aliphatic heterocycles. The van der Waals surface area contributed by atoms with Crippen molar-refractivity contribution in [3.8, 4) is 0 Å². The smallest absolute Gasteiger partial charge is 0.243 e. The lowest BCUT2D eigenvalue weighted by Gasteiger charge is -2.33. The molecular weight excluding hydrogens is 319 g/mol. The van der Waals surface area contributed by atoms with Crippen molar-refractivity contribution in [1.29, 1.82) is 0 Å². The van der Waals surface area contributed by atoms with E-state index >= 15 is 0 Å². The molecule has 0 radical (unpaired) electrons. The molecule has 1 fully saturated rings. The van der Waals surface area contributed by atoms with Crippen LogP contribution in [0.2, 0.25) is 5.02 Å². The number of hydrogen-bond acceptors (Lipinski definition) is 4. The quantitative estimate of drug-likeness (QED) is 0.825. The van der Waals surface area contributed by atoms with Gasteiger partial charge in [0.1, 0.15) is 4.90 Å². The number of hydrogen-bond donors (Lipinski definition) is 2. The third-order valence-electron chi connectivity index (χ3n) is 3.70. The van der Waals surface area contributed by atoms with Crippen LogP contribution in [0.4, 0.5) is 10.1 Å². The van der Waals surface area contributed by atoms with Crippen LogP contribution < -0.4 is 10.5 Å². The van der Waals surface area contributed by atoms with Gasteiger partial charge in [0.2, 0.25) is 10.0 Å². The van der Waals surface area contributed by atoms with Crippen molar-refractivity contribution in [2.24, 2.45) is 5.41 Å². The molecule has 0 aliphatic carbocycles. The molecule has 0 amide bonds. The molecule has 1 aromatic rings. The van der Waals surface area contributed by atoms with Crippen LogP contribution in [0.5, 0.6) is 0 Å². The predicted molar refractivity (Wildman–Crippen MR) is 79.2 cm³/mol. The van der Waals surface area contributed by atoms with E-state index < -0.39 is 20.7 Å². The molecule has 0 bridgehead atoms. The Bertz CT molecular complexity index is 631. The summed E-state index contributed by atoms with van der Waals surface area (Å²) in [5.74, 6) is -0.990. The maximum atomic E-state index is 13.9. The Morgan fingerprint density at radius 3 is 2.67 bits per heavy atom. The van der Waals surface area contributed by atoms with E-state index in [4.69, 9.17) is 22.1 Å². The summed E-state index contributed by atoms with van der Waals surface area (Å²) in [5.41, 5.74) is 5.42. The molecule has 0 spiro atoms. The highest BCUT2D eigenvalue weighted by atomic mass is 35.5. The van der Waals surface area contributed by atoms with Crippen molar-refractivity contribution in [1.82, 2.24) is 4.72 Å². The standard InChI is InChI=1S/C13H18ClFN2O3S/c1-13(2-4-20-5-3-13)8-17-21(18,19)11-7-9(16)6-10(14)12(11)15/h6-7,17H,2-5,8,16H2,1H3. The molecule has 3 N–H and O–H groups in total. The number of nitrogen functional groups attached to an aromatic ring is 1. The van der Waals surface area contributed by atoms with Crippen molar-refractivity contribution in [3.05, 3.63) is 23.0 Å². The van der Waals surface area contributed by atoms with Crippen molar-refractivity contribution in [2.75, 3.05) is 25.5 Å². The molecule has 1 aliphatic rings. The maximum Gasteiger partial charge on any atom is 0.243 e. The Morgan fingerprint density at radius 2 is 2.05 bits per heavy atom. The zero-order valence-corrected chi connectivity index (χ0v) is 13.2. The number of halogens is 2. The zero-order chi connectivity index (χ0) is 15.7. The fourth-order valence-electron chi connectivity index (χ4n) is 2.17.